The van der Waals surface area contributed by atoms with Gasteiger partial charge in [0, 0.05) is 18.0 Å². The Labute approximate surface area is 167 Å². The minimum Gasteiger partial charge on any atom is -0.292 e. The molecule has 0 bridgehead atoms. The van der Waals surface area contributed by atoms with E-state index in [2.05, 4.69) is 115 Å². The van der Waals surface area contributed by atoms with Gasteiger partial charge in [-0.2, -0.15) is 0 Å². The van der Waals surface area contributed by atoms with Gasteiger partial charge in [-0.1, -0.05) is 97.1 Å². The molecule has 3 atom stereocenters. The molecule has 1 heteroatoms. The van der Waals surface area contributed by atoms with Gasteiger partial charge in [0.2, 0.25) is 0 Å². The molecule has 138 valence electrons. The summed E-state index contributed by atoms with van der Waals surface area (Å²) < 4.78 is 0. The van der Waals surface area contributed by atoms with E-state index < -0.39 is 0 Å². The molecule has 0 saturated carbocycles. The van der Waals surface area contributed by atoms with Gasteiger partial charge in [-0.3, -0.25) is 4.90 Å². The molecule has 1 aliphatic rings. The van der Waals surface area contributed by atoms with E-state index in [-0.39, 0.29) is 0 Å². The zero-order valence-electron chi connectivity index (χ0n) is 16.2. The van der Waals surface area contributed by atoms with E-state index in [1.165, 1.54) is 27.5 Å². The molecule has 0 aromatic heterocycles. The smallest absolute Gasteiger partial charge is 0.0420 e. The van der Waals surface area contributed by atoms with Crippen molar-refractivity contribution in [1.82, 2.24) is 4.90 Å². The molecule has 1 nitrogen and oxygen atoms in total. The van der Waals surface area contributed by atoms with Crippen LogP contribution in [0.15, 0.2) is 103 Å². The minimum absolute atomic E-state index is 0.372. The molecule has 1 fully saturated rings. The van der Waals surface area contributed by atoms with Crippen LogP contribution in [0.3, 0.4) is 0 Å². The summed E-state index contributed by atoms with van der Waals surface area (Å²) in [6.45, 7) is 0. The third kappa shape index (κ3) is 3.02. The zero-order valence-corrected chi connectivity index (χ0v) is 16.2. The highest BCUT2D eigenvalue weighted by atomic mass is 15.2. The molecule has 0 N–H and O–H groups in total. The summed E-state index contributed by atoms with van der Waals surface area (Å²) in [7, 11) is 2.29. The van der Waals surface area contributed by atoms with E-state index in [4.69, 9.17) is 0 Å². The van der Waals surface area contributed by atoms with Gasteiger partial charge in [0.05, 0.1) is 0 Å². The van der Waals surface area contributed by atoms with Gasteiger partial charge in [0.1, 0.15) is 0 Å². The highest BCUT2D eigenvalue weighted by Crippen LogP contribution is 2.51. The van der Waals surface area contributed by atoms with Crippen LogP contribution in [0, 0.1) is 0 Å². The van der Waals surface area contributed by atoms with E-state index in [9.17, 15) is 0 Å². The molecule has 4 aromatic rings. The third-order valence-corrected chi connectivity index (χ3v) is 6.32. The molecule has 0 radical (unpaired) electrons. The first-order valence-corrected chi connectivity index (χ1v) is 10.1. The van der Waals surface area contributed by atoms with E-state index in [0.29, 0.717) is 18.0 Å². The van der Waals surface area contributed by atoms with Gasteiger partial charge in [0.15, 0.2) is 0 Å². The Hall–Kier alpha value is -2.90. The molecular formula is C27H25N. The predicted octanol–water partition coefficient (Wildman–Crippen LogP) is 6.74. The molecule has 0 aliphatic carbocycles. The first-order chi connectivity index (χ1) is 13.8. The topological polar surface area (TPSA) is 3.24 Å². The second kappa shape index (κ2) is 7.26. The maximum Gasteiger partial charge on any atom is 0.0420 e. The Balaban J connectivity index is 1.61. The lowest BCUT2D eigenvalue weighted by molar-refractivity contribution is 0.240. The zero-order chi connectivity index (χ0) is 18.9. The molecule has 0 amide bonds. The molecule has 4 aromatic carbocycles. The summed E-state index contributed by atoms with van der Waals surface area (Å²) in [5.74, 6) is 0.484. The predicted molar refractivity (Wildman–Crippen MR) is 117 cm³/mol. The number of fused-ring (bicyclic) bond motifs is 1. The summed E-state index contributed by atoms with van der Waals surface area (Å²) in [5, 5.41) is 2.63. The van der Waals surface area contributed by atoms with Gasteiger partial charge in [-0.15, -0.1) is 0 Å². The Kier molecular flexibility index (Phi) is 4.46. The lowest BCUT2D eigenvalue weighted by Crippen LogP contribution is -2.23. The minimum atomic E-state index is 0.372. The first kappa shape index (κ1) is 17.2. The lowest BCUT2D eigenvalue weighted by Gasteiger charge is -2.29. The summed E-state index contributed by atoms with van der Waals surface area (Å²) in [4.78, 5) is 2.58. The maximum atomic E-state index is 2.58. The number of nitrogens with zero attached hydrogens (tertiary/aromatic N) is 1. The highest BCUT2D eigenvalue weighted by molar-refractivity contribution is 5.83. The van der Waals surface area contributed by atoms with Crippen molar-refractivity contribution in [2.75, 3.05) is 7.05 Å². The van der Waals surface area contributed by atoms with Crippen molar-refractivity contribution in [3.63, 3.8) is 0 Å². The van der Waals surface area contributed by atoms with Crippen LogP contribution in [-0.2, 0) is 0 Å². The summed E-state index contributed by atoms with van der Waals surface area (Å²) in [6, 6.07) is 38.4. The summed E-state index contributed by atoms with van der Waals surface area (Å²) in [6.07, 6.45) is 1.14. The Morgan fingerprint density at radius 3 is 1.93 bits per heavy atom. The van der Waals surface area contributed by atoms with Crippen molar-refractivity contribution in [1.29, 1.82) is 0 Å². The maximum absolute atomic E-state index is 2.58. The Morgan fingerprint density at radius 2 is 1.21 bits per heavy atom. The normalized spacial score (nSPS) is 22.5. The van der Waals surface area contributed by atoms with Crippen LogP contribution in [0.1, 0.15) is 41.1 Å². The number of hydrogen-bond acceptors (Lipinski definition) is 1. The number of hydrogen-bond donors (Lipinski definition) is 0. The third-order valence-electron chi connectivity index (χ3n) is 6.32. The van der Waals surface area contributed by atoms with Crippen LogP contribution in [0.4, 0.5) is 0 Å². The summed E-state index contributed by atoms with van der Waals surface area (Å²) in [5.41, 5.74) is 4.26. The average molecular weight is 364 g/mol. The van der Waals surface area contributed by atoms with Crippen LogP contribution in [0.2, 0.25) is 0 Å². The van der Waals surface area contributed by atoms with Crippen LogP contribution in [0.25, 0.3) is 10.8 Å². The molecular weight excluding hydrogens is 338 g/mol. The number of likely N-dealkylation sites (N-methyl/N-ethyl adjacent to an activating group) is 1. The SMILES string of the molecule is CN1C(c2ccccc2)CC(c2ccccc2)C1c1ccc2ccccc2c1. The van der Waals surface area contributed by atoms with Crippen LogP contribution >= 0.6 is 0 Å². The molecule has 1 saturated heterocycles. The lowest BCUT2D eigenvalue weighted by atomic mass is 9.86. The second-order valence-corrected chi connectivity index (χ2v) is 7.90. The van der Waals surface area contributed by atoms with Crippen molar-refractivity contribution < 1.29 is 0 Å². The quantitative estimate of drug-likeness (QED) is 0.389. The van der Waals surface area contributed by atoms with Gasteiger partial charge in [-0.05, 0) is 47.0 Å². The van der Waals surface area contributed by atoms with Crippen molar-refractivity contribution >= 4 is 10.8 Å². The first-order valence-electron chi connectivity index (χ1n) is 10.1. The standard InChI is InChI=1S/C27H25N/c1-28-26(22-13-6-3-7-14-22)19-25(21-11-4-2-5-12-21)27(28)24-17-16-20-10-8-9-15-23(20)18-24/h2-18,25-27H,19H2,1H3. The highest BCUT2D eigenvalue weighted by Gasteiger charge is 2.41. The number of benzene rings is 4. The van der Waals surface area contributed by atoms with Gasteiger partial charge in [0.25, 0.3) is 0 Å². The Bertz CT molecular complexity index is 1070. The molecule has 28 heavy (non-hydrogen) atoms. The molecule has 1 heterocycles. The van der Waals surface area contributed by atoms with Gasteiger partial charge in [-0.25, -0.2) is 0 Å². The van der Waals surface area contributed by atoms with E-state index in [0.717, 1.165) is 6.42 Å². The fraction of sp³-hybridized carbons (Fsp3) is 0.185. The van der Waals surface area contributed by atoms with Crippen LogP contribution in [0.5, 0.6) is 0 Å². The number of likely N-dealkylation sites (tertiary alicyclic amines) is 1. The average Bonchev–Trinajstić information content (AvgIpc) is 3.12. The van der Waals surface area contributed by atoms with E-state index >= 15 is 0 Å². The summed E-state index contributed by atoms with van der Waals surface area (Å²) >= 11 is 0. The molecule has 1 aliphatic heterocycles. The van der Waals surface area contributed by atoms with Crippen molar-refractivity contribution in [3.05, 3.63) is 120 Å². The number of rotatable bonds is 3. The molecule has 5 rings (SSSR count). The Morgan fingerprint density at radius 1 is 0.607 bits per heavy atom. The van der Waals surface area contributed by atoms with Crippen LogP contribution < -0.4 is 0 Å². The molecule has 0 spiro atoms. The van der Waals surface area contributed by atoms with Gasteiger partial charge < -0.3 is 0 Å². The molecule has 3 unspecified atom stereocenters. The van der Waals surface area contributed by atoms with Gasteiger partial charge >= 0.3 is 0 Å². The van der Waals surface area contributed by atoms with Crippen LogP contribution in [-0.4, -0.2) is 11.9 Å². The fourth-order valence-corrected chi connectivity index (χ4v) is 4.94. The second-order valence-electron chi connectivity index (χ2n) is 7.90. The van der Waals surface area contributed by atoms with E-state index in [1.807, 2.05) is 0 Å². The largest absolute Gasteiger partial charge is 0.292 e. The van der Waals surface area contributed by atoms with Crippen molar-refractivity contribution in [2.24, 2.45) is 0 Å². The van der Waals surface area contributed by atoms with Crippen molar-refractivity contribution in [3.8, 4) is 0 Å². The van der Waals surface area contributed by atoms with Crippen molar-refractivity contribution in [2.45, 2.75) is 24.4 Å². The van der Waals surface area contributed by atoms with E-state index in [1.54, 1.807) is 0 Å². The fourth-order valence-electron chi connectivity index (χ4n) is 4.94. The monoisotopic (exact) mass is 363 g/mol.